The monoisotopic (exact) mass is 413 g/mol. The van der Waals surface area contributed by atoms with Crippen molar-refractivity contribution in [2.45, 2.75) is 20.3 Å². The third-order valence-corrected chi connectivity index (χ3v) is 4.95. The number of nitrogens with one attached hydrogen (secondary N) is 1. The van der Waals surface area contributed by atoms with Crippen molar-refractivity contribution in [3.63, 3.8) is 0 Å². The van der Waals surface area contributed by atoms with Crippen LogP contribution in [0.5, 0.6) is 5.75 Å². The highest BCUT2D eigenvalue weighted by molar-refractivity contribution is 5.97. The second-order valence-corrected chi connectivity index (χ2v) is 7.40. The lowest BCUT2D eigenvalue weighted by Gasteiger charge is -2.08. The molecule has 0 bridgehead atoms. The maximum Gasteiger partial charge on any atom is 0.228 e. The number of amides is 1. The lowest BCUT2D eigenvalue weighted by Crippen LogP contribution is -2.14. The van der Waals surface area contributed by atoms with Crippen molar-refractivity contribution in [1.82, 2.24) is 0 Å². The van der Waals surface area contributed by atoms with Crippen molar-refractivity contribution in [3.05, 3.63) is 83.6 Å². The van der Waals surface area contributed by atoms with E-state index in [-0.39, 0.29) is 12.3 Å². The Labute approximate surface area is 180 Å². The molecule has 1 aromatic heterocycles. The minimum Gasteiger partial charge on any atom is -0.497 e. The largest absolute Gasteiger partial charge is 0.497 e. The SMILES string of the molecule is COc1ccc2c(CC(=O)Nc3ccc(C)cc3N=Nc3ccc(C)cc3)coc2c1. The molecule has 1 heterocycles. The van der Waals surface area contributed by atoms with Crippen LogP contribution in [-0.2, 0) is 11.2 Å². The molecule has 0 aliphatic heterocycles. The number of carbonyl (C=O) groups is 1. The van der Waals surface area contributed by atoms with Crippen LogP contribution in [0.4, 0.5) is 17.1 Å². The zero-order valence-electron chi connectivity index (χ0n) is 17.7. The molecular formula is C25H23N3O3. The first-order chi connectivity index (χ1) is 15.0. The van der Waals surface area contributed by atoms with Crippen LogP contribution < -0.4 is 10.1 Å². The Bertz CT molecular complexity index is 1260. The lowest BCUT2D eigenvalue weighted by atomic mass is 10.1. The average Bonchev–Trinajstić information content (AvgIpc) is 3.16. The Balaban J connectivity index is 1.52. The van der Waals surface area contributed by atoms with E-state index in [4.69, 9.17) is 9.15 Å². The molecule has 0 radical (unpaired) electrons. The fraction of sp³-hybridized carbons (Fsp3) is 0.160. The van der Waals surface area contributed by atoms with Gasteiger partial charge in [-0.25, -0.2) is 0 Å². The quantitative estimate of drug-likeness (QED) is 0.359. The van der Waals surface area contributed by atoms with Gasteiger partial charge in [0.1, 0.15) is 17.0 Å². The zero-order valence-corrected chi connectivity index (χ0v) is 17.7. The van der Waals surface area contributed by atoms with Crippen LogP contribution in [0.2, 0.25) is 0 Å². The van der Waals surface area contributed by atoms with E-state index in [0.29, 0.717) is 22.7 Å². The molecule has 0 atom stereocenters. The molecule has 0 aliphatic carbocycles. The third kappa shape index (κ3) is 4.80. The van der Waals surface area contributed by atoms with Gasteiger partial charge in [-0.05, 0) is 55.8 Å². The molecule has 6 nitrogen and oxygen atoms in total. The van der Waals surface area contributed by atoms with Crippen molar-refractivity contribution in [2.24, 2.45) is 10.2 Å². The molecule has 6 heteroatoms. The van der Waals surface area contributed by atoms with Gasteiger partial charge in [0.05, 0.1) is 31.2 Å². The van der Waals surface area contributed by atoms with Crippen molar-refractivity contribution in [2.75, 3.05) is 12.4 Å². The summed E-state index contributed by atoms with van der Waals surface area (Å²) in [5.74, 6) is 0.551. The zero-order chi connectivity index (χ0) is 21.8. The first kappa shape index (κ1) is 20.3. The van der Waals surface area contributed by atoms with Gasteiger partial charge in [0.2, 0.25) is 5.91 Å². The van der Waals surface area contributed by atoms with E-state index in [1.54, 1.807) is 19.4 Å². The summed E-state index contributed by atoms with van der Waals surface area (Å²) in [5, 5.41) is 12.5. The fourth-order valence-electron chi connectivity index (χ4n) is 3.25. The van der Waals surface area contributed by atoms with Gasteiger partial charge in [-0.15, -0.1) is 5.11 Å². The van der Waals surface area contributed by atoms with E-state index in [1.165, 1.54) is 0 Å². The summed E-state index contributed by atoms with van der Waals surface area (Å²) in [6.45, 7) is 4.00. The van der Waals surface area contributed by atoms with Gasteiger partial charge in [0, 0.05) is 17.0 Å². The van der Waals surface area contributed by atoms with Crippen LogP contribution in [0, 0.1) is 13.8 Å². The van der Waals surface area contributed by atoms with E-state index in [1.807, 2.05) is 68.4 Å². The Morgan fingerprint density at radius 2 is 1.74 bits per heavy atom. The average molecular weight is 413 g/mol. The number of nitrogens with zero attached hydrogens (tertiary/aromatic N) is 2. The number of ether oxygens (including phenoxy) is 1. The van der Waals surface area contributed by atoms with Gasteiger partial charge in [-0.2, -0.15) is 5.11 Å². The smallest absolute Gasteiger partial charge is 0.228 e. The highest BCUT2D eigenvalue weighted by Gasteiger charge is 2.13. The summed E-state index contributed by atoms with van der Waals surface area (Å²) in [7, 11) is 1.60. The fourth-order valence-corrected chi connectivity index (χ4v) is 3.25. The summed E-state index contributed by atoms with van der Waals surface area (Å²) in [6.07, 6.45) is 1.79. The Morgan fingerprint density at radius 3 is 2.52 bits per heavy atom. The predicted molar refractivity (Wildman–Crippen MR) is 122 cm³/mol. The number of carbonyl (C=O) groups excluding carboxylic acids is 1. The van der Waals surface area contributed by atoms with Crippen LogP contribution >= 0.6 is 0 Å². The van der Waals surface area contributed by atoms with Gasteiger partial charge >= 0.3 is 0 Å². The van der Waals surface area contributed by atoms with E-state index in [0.717, 1.165) is 27.8 Å². The number of hydrogen-bond acceptors (Lipinski definition) is 5. The molecule has 0 unspecified atom stereocenters. The maximum absolute atomic E-state index is 12.7. The summed E-state index contributed by atoms with van der Waals surface area (Å²) in [5.41, 5.74) is 5.66. The van der Waals surface area contributed by atoms with E-state index in [2.05, 4.69) is 15.5 Å². The molecule has 1 N–H and O–H groups in total. The van der Waals surface area contributed by atoms with Crippen molar-refractivity contribution in [3.8, 4) is 5.75 Å². The molecule has 0 spiro atoms. The molecule has 4 aromatic rings. The Kier molecular flexibility index (Phi) is 5.80. The van der Waals surface area contributed by atoms with Crippen LogP contribution in [0.25, 0.3) is 11.0 Å². The number of hydrogen-bond donors (Lipinski definition) is 1. The highest BCUT2D eigenvalue weighted by atomic mass is 16.5. The minimum absolute atomic E-state index is 0.158. The standard InChI is InChI=1S/C25H23N3O3/c1-16-4-7-19(8-5-16)27-28-23-12-17(2)6-11-22(23)26-25(29)13-18-15-31-24-14-20(30-3)9-10-21(18)24/h4-12,14-15H,13H2,1-3H3,(H,26,29). The van der Waals surface area contributed by atoms with Gasteiger partial charge in [0.15, 0.2) is 0 Å². The number of anilines is 1. The molecule has 0 aliphatic rings. The molecule has 4 rings (SSSR count). The molecule has 1 amide bonds. The second-order valence-electron chi connectivity index (χ2n) is 7.40. The van der Waals surface area contributed by atoms with Crippen LogP contribution in [0.15, 0.2) is 81.6 Å². The molecule has 156 valence electrons. The van der Waals surface area contributed by atoms with Crippen LogP contribution in [0.3, 0.4) is 0 Å². The first-order valence-electron chi connectivity index (χ1n) is 9.95. The summed E-state index contributed by atoms with van der Waals surface area (Å²) < 4.78 is 10.8. The van der Waals surface area contributed by atoms with Gasteiger partial charge < -0.3 is 14.5 Å². The van der Waals surface area contributed by atoms with Crippen molar-refractivity contribution in [1.29, 1.82) is 0 Å². The van der Waals surface area contributed by atoms with E-state index >= 15 is 0 Å². The van der Waals surface area contributed by atoms with Crippen LogP contribution in [0.1, 0.15) is 16.7 Å². The number of fused-ring (bicyclic) bond motifs is 1. The molecule has 0 saturated carbocycles. The summed E-state index contributed by atoms with van der Waals surface area (Å²) in [4.78, 5) is 12.7. The summed E-state index contributed by atoms with van der Waals surface area (Å²) >= 11 is 0. The predicted octanol–water partition coefficient (Wildman–Crippen LogP) is 6.65. The first-order valence-corrected chi connectivity index (χ1v) is 9.95. The maximum atomic E-state index is 12.7. The van der Waals surface area contributed by atoms with Crippen molar-refractivity contribution < 1.29 is 13.9 Å². The number of benzene rings is 3. The Hall–Kier alpha value is -3.93. The summed E-state index contributed by atoms with van der Waals surface area (Å²) in [6, 6.07) is 19.0. The molecule has 31 heavy (non-hydrogen) atoms. The van der Waals surface area contributed by atoms with Gasteiger partial charge in [-0.3, -0.25) is 4.79 Å². The number of azo groups is 1. The Morgan fingerprint density at radius 1 is 0.968 bits per heavy atom. The third-order valence-electron chi connectivity index (χ3n) is 4.95. The topological polar surface area (TPSA) is 76.2 Å². The van der Waals surface area contributed by atoms with E-state index < -0.39 is 0 Å². The number of methoxy groups -OCH3 is 1. The molecule has 0 fully saturated rings. The van der Waals surface area contributed by atoms with Gasteiger partial charge in [0.25, 0.3) is 0 Å². The number of furan rings is 1. The van der Waals surface area contributed by atoms with Crippen molar-refractivity contribution >= 4 is 33.9 Å². The molecular weight excluding hydrogens is 390 g/mol. The normalized spacial score (nSPS) is 11.2. The lowest BCUT2D eigenvalue weighted by molar-refractivity contribution is -0.115. The van der Waals surface area contributed by atoms with Crippen LogP contribution in [-0.4, -0.2) is 13.0 Å². The number of rotatable bonds is 6. The minimum atomic E-state index is -0.158. The molecule has 0 saturated heterocycles. The van der Waals surface area contributed by atoms with Gasteiger partial charge in [-0.1, -0.05) is 23.8 Å². The second kappa shape index (κ2) is 8.83. The number of aryl methyl sites for hydroxylation is 2. The molecule has 3 aromatic carbocycles. The highest BCUT2D eigenvalue weighted by Crippen LogP contribution is 2.30. The van der Waals surface area contributed by atoms with E-state index in [9.17, 15) is 4.79 Å².